The summed E-state index contributed by atoms with van der Waals surface area (Å²) in [7, 11) is 0. The number of nitrogens with one attached hydrogen (secondary N) is 1. The number of halogens is 2. The first-order valence-electron chi connectivity index (χ1n) is 5.97. The predicted molar refractivity (Wildman–Crippen MR) is 74.1 cm³/mol. The Labute approximate surface area is 116 Å². The van der Waals surface area contributed by atoms with Gasteiger partial charge in [0.05, 0.1) is 5.02 Å². The van der Waals surface area contributed by atoms with E-state index in [4.69, 9.17) is 16.3 Å². The van der Waals surface area contributed by atoms with E-state index < -0.39 is 5.82 Å². The number of nitrogens with zero attached hydrogens (tertiary/aromatic N) is 1. The summed E-state index contributed by atoms with van der Waals surface area (Å²) in [5.74, 6) is 0.337. The zero-order valence-corrected chi connectivity index (χ0v) is 11.2. The average molecular weight is 281 g/mol. The lowest BCUT2D eigenvalue weighted by Gasteiger charge is -2.11. The molecule has 1 heterocycles. The van der Waals surface area contributed by atoms with Gasteiger partial charge in [0.1, 0.15) is 12.4 Å². The molecule has 3 nitrogen and oxygen atoms in total. The molecule has 1 aromatic carbocycles. The fourth-order valence-electron chi connectivity index (χ4n) is 1.63. The van der Waals surface area contributed by atoms with Crippen molar-refractivity contribution in [2.75, 3.05) is 11.9 Å². The van der Waals surface area contributed by atoms with Crippen molar-refractivity contribution in [3.63, 3.8) is 0 Å². The molecule has 0 fully saturated rings. The molecule has 19 heavy (non-hydrogen) atoms. The Morgan fingerprint density at radius 2 is 2.16 bits per heavy atom. The van der Waals surface area contributed by atoms with Gasteiger partial charge in [0.15, 0.2) is 11.6 Å². The number of ether oxygens (including phenoxy) is 1. The summed E-state index contributed by atoms with van der Waals surface area (Å²) < 4.78 is 19.1. The highest BCUT2D eigenvalue weighted by Crippen LogP contribution is 2.25. The third kappa shape index (κ3) is 3.35. The molecule has 0 amide bonds. The Kier molecular flexibility index (Phi) is 4.58. The van der Waals surface area contributed by atoms with Gasteiger partial charge in [-0.15, -0.1) is 0 Å². The van der Waals surface area contributed by atoms with E-state index in [1.54, 1.807) is 18.3 Å². The second-order valence-electron chi connectivity index (χ2n) is 3.88. The van der Waals surface area contributed by atoms with Crippen LogP contribution in [0.1, 0.15) is 12.5 Å². The second kappa shape index (κ2) is 6.38. The van der Waals surface area contributed by atoms with Crippen LogP contribution in [-0.2, 0) is 6.61 Å². The molecule has 0 aliphatic rings. The van der Waals surface area contributed by atoms with Gasteiger partial charge in [0.25, 0.3) is 0 Å². The van der Waals surface area contributed by atoms with Crippen molar-refractivity contribution < 1.29 is 9.13 Å². The van der Waals surface area contributed by atoms with E-state index in [1.165, 1.54) is 6.07 Å². The zero-order chi connectivity index (χ0) is 13.7. The molecule has 0 unspecified atom stereocenters. The molecule has 0 bridgehead atoms. The van der Waals surface area contributed by atoms with Crippen LogP contribution >= 0.6 is 11.6 Å². The van der Waals surface area contributed by atoms with Crippen LogP contribution in [0, 0.1) is 5.82 Å². The van der Waals surface area contributed by atoms with Crippen LogP contribution in [0.4, 0.5) is 10.2 Å². The van der Waals surface area contributed by atoms with Crippen LogP contribution < -0.4 is 10.1 Å². The van der Waals surface area contributed by atoms with E-state index in [0.717, 1.165) is 17.9 Å². The Morgan fingerprint density at radius 3 is 2.95 bits per heavy atom. The van der Waals surface area contributed by atoms with Crippen LogP contribution in [0.5, 0.6) is 5.75 Å². The smallest absolute Gasteiger partial charge is 0.183 e. The lowest BCUT2D eigenvalue weighted by molar-refractivity contribution is 0.290. The molecule has 100 valence electrons. The standard InChI is InChI=1S/C14H14ClFN2O/c1-2-17-14-10(5-4-8-18-14)9-19-12-7-3-6-11(15)13(12)16/h3-8H,2,9H2,1H3,(H,17,18). The zero-order valence-electron chi connectivity index (χ0n) is 10.5. The Bertz CT molecular complexity index is 563. The quantitative estimate of drug-likeness (QED) is 0.902. The maximum atomic E-state index is 13.7. The van der Waals surface area contributed by atoms with Crippen LogP contribution in [0.2, 0.25) is 5.02 Å². The summed E-state index contributed by atoms with van der Waals surface area (Å²) in [6.07, 6.45) is 1.70. The van der Waals surface area contributed by atoms with E-state index in [0.29, 0.717) is 0 Å². The van der Waals surface area contributed by atoms with E-state index in [-0.39, 0.29) is 17.4 Å². The maximum absolute atomic E-state index is 13.7. The van der Waals surface area contributed by atoms with Crippen molar-refractivity contribution >= 4 is 17.4 Å². The fraction of sp³-hybridized carbons (Fsp3) is 0.214. The summed E-state index contributed by atoms with van der Waals surface area (Å²) in [4.78, 5) is 4.21. The highest BCUT2D eigenvalue weighted by Gasteiger charge is 2.09. The summed E-state index contributed by atoms with van der Waals surface area (Å²) >= 11 is 5.70. The third-order valence-corrected chi connectivity index (χ3v) is 2.83. The number of rotatable bonds is 5. The van der Waals surface area contributed by atoms with Crippen molar-refractivity contribution in [2.45, 2.75) is 13.5 Å². The molecule has 0 aliphatic carbocycles. The predicted octanol–water partition coefficient (Wildman–Crippen LogP) is 3.88. The molecule has 0 radical (unpaired) electrons. The first-order chi connectivity index (χ1) is 9.22. The van der Waals surface area contributed by atoms with Crippen molar-refractivity contribution in [3.05, 3.63) is 52.9 Å². The molecular weight excluding hydrogens is 267 g/mol. The van der Waals surface area contributed by atoms with Gasteiger partial charge in [-0.05, 0) is 25.1 Å². The molecule has 2 rings (SSSR count). The van der Waals surface area contributed by atoms with Crippen LogP contribution in [0.3, 0.4) is 0 Å². The van der Waals surface area contributed by atoms with E-state index >= 15 is 0 Å². The van der Waals surface area contributed by atoms with Gasteiger partial charge >= 0.3 is 0 Å². The van der Waals surface area contributed by atoms with E-state index in [9.17, 15) is 4.39 Å². The van der Waals surface area contributed by atoms with Gasteiger partial charge < -0.3 is 10.1 Å². The SMILES string of the molecule is CCNc1ncccc1COc1cccc(Cl)c1F. The summed E-state index contributed by atoms with van der Waals surface area (Å²) in [5.41, 5.74) is 0.865. The van der Waals surface area contributed by atoms with Crippen LogP contribution in [0.15, 0.2) is 36.5 Å². The van der Waals surface area contributed by atoms with Gasteiger partial charge in [-0.2, -0.15) is 0 Å². The topological polar surface area (TPSA) is 34.2 Å². The minimum Gasteiger partial charge on any atom is -0.486 e. The Morgan fingerprint density at radius 1 is 1.32 bits per heavy atom. The van der Waals surface area contributed by atoms with Gasteiger partial charge in [-0.25, -0.2) is 9.37 Å². The van der Waals surface area contributed by atoms with Gasteiger partial charge in [0, 0.05) is 18.3 Å². The van der Waals surface area contributed by atoms with Crippen LogP contribution in [0.25, 0.3) is 0 Å². The number of benzene rings is 1. The average Bonchev–Trinajstić information content (AvgIpc) is 2.42. The summed E-state index contributed by atoms with van der Waals surface area (Å²) in [6.45, 7) is 2.97. The van der Waals surface area contributed by atoms with Crippen molar-refractivity contribution in [1.82, 2.24) is 4.98 Å². The summed E-state index contributed by atoms with van der Waals surface area (Å²) in [5, 5.41) is 3.18. The molecule has 0 aliphatic heterocycles. The minimum atomic E-state index is -0.543. The second-order valence-corrected chi connectivity index (χ2v) is 4.29. The molecule has 0 spiro atoms. The number of hydrogen-bond acceptors (Lipinski definition) is 3. The number of hydrogen-bond donors (Lipinski definition) is 1. The van der Waals surface area contributed by atoms with Gasteiger partial charge in [-0.3, -0.25) is 0 Å². The number of aromatic nitrogens is 1. The molecule has 0 atom stereocenters. The lowest BCUT2D eigenvalue weighted by Crippen LogP contribution is -2.06. The number of pyridine rings is 1. The van der Waals surface area contributed by atoms with E-state index in [2.05, 4.69) is 10.3 Å². The Hall–Kier alpha value is -1.81. The molecule has 5 heteroatoms. The highest BCUT2D eigenvalue weighted by molar-refractivity contribution is 6.30. The summed E-state index contributed by atoms with van der Waals surface area (Å²) in [6, 6.07) is 8.37. The van der Waals surface area contributed by atoms with Crippen molar-refractivity contribution in [2.24, 2.45) is 0 Å². The first-order valence-corrected chi connectivity index (χ1v) is 6.34. The molecule has 1 N–H and O–H groups in total. The third-order valence-electron chi connectivity index (χ3n) is 2.53. The highest BCUT2D eigenvalue weighted by atomic mass is 35.5. The lowest BCUT2D eigenvalue weighted by atomic mass is 10.2. The maximum Gasteiger partial charge on any atom is 0.183 e. The van der Waals surface area contributed by atoms with E-state index in [1.807, 2.05) is 19.1 Å². The molecule has 0 saturated heterocycles. The first kappa shape index (κ1) is 13.6. The fourth-order valence-corrected chi connectivity index (χ4v) is 1.80. The molecular formula is C14H14ClFN2O. The van der Waals surface area contributed by atoms with Gasteiger partial charge in [-0.1, -0.05) is 23.7 Å². The molecule has 2 aromatic rings. The largest absolute Gasteiger partial charge is 0.486 e. The Balaban J connectivity index is 2.12. The van der Waals surface area contributed by atoms with Gasteiger partial charge in [0.2, 0.25) is 0 Å². The van der Waals surface area contributed by atoms with Crippen molar-refractivity contribution in [3.8, 4) is 5.75 Å². The molecule has 0 saturated carbocycles. The minimum absolute atomic E-state index is 0.0515. The van der Waals surface area contributed by atoms with Crippen LogP contribution in [-0.4, -0.2) is 11.5 Å². The number of anilines is 1. The van der Waals surface area contributed by atoms with Crippen molar-refractivity contribution in [1.29, 1.82) is 0 Å². The monoisotopic (exact) mass is 280 g/mol. The normalized spacial score (nSPS) is 10.3. The molecule has 1 aromatic heterocycles.